The van der Waals surface area contributed by atoms with Gasteiger partial charge in [0.2, 0.25) is 0 Å². The molecule has 1 fully saturated rings. The molecule has 1 atom stereocenters. The molecule has 2 heterocycles. The van der Waals surface area contributed by atoms with Crippen molar-refractivity contribution in [2.24, 2.45) is 11.7 Å². The summed E-state index contributed by atoms with van der Waals surface area (Å²) in [4.78, 5) is 42.0. The Bertz CT molecular complexity index is 1370. The number of methoxy groups -OCH3 is 2. The number of esters is 3. The summed E-state index contributed by atoms with van der Waals surface area (Å²) >= 11 is 0. The fourth-order valence-corrected chi connectivity index (χ4v) is 5.23. The third-order valence-corrected chi connectivity index (χ3v) is 7.20. The van der Waals surface area contributed by atoms with E-state index in [0.717, 1.165) is 5.69 Å². The Labute approximate surface area is 233 Å². The predicted molar refractivity (Wildman–Crippen MR) is 148 cm³/mol. The van der Waals surface area contributed by atoms with Gasteiger partial charge in [-0.3, -0.25) is 9.69 Å². The number of piperidine rings is 1. The minimum Gasteiger partial charge on any atom is -0.466 e. The number of allylic oxidation sites excluding steroid dienone is 1. The number of ether oxygens (including phenoxy) is 3. The fraction of sp³-hybridized carbons (Fsp3) is 0.333. The molecule has 1 saturated heterocycles. The van der Waals surface area contributed by atoms with Crippen LogP contribution in [0.2, 0.25) is 0 Å². The number of hydrogen-bond donors (Lipinski definition) is 1. The van der Waals surface area contributed by atoms with E-state index in [9.17, 15) is 19.6 Å². The first kappa shape index (κ1) is 28.2. The number of anilines is 2. The van der Waals surface area contributed by atoms with Gasteiger partial charge < -0.3 is 24.8 Å². The summed E-state index contributed by atoms with van der Waals surface area (Å²) in [5.74, 6) is -2.76. The second kappa shape index (κ2) is 12.4. The number of carbonyl (C=O) groups is 3. The van der Waals surface area contributed by atoms with Crippen LogP contribution < -0.4 is 15.5 Å². The fourth-order valence-electron chi connectivity index (χ4n) is 5.23. The van der Waals surface area contributed by atoms with Crippen molar-refractivity contribution < 1.29 is 28.6 Å². The molecular weight excluding hydrogens is 512 g/mol. The highest BCUT2D eigenvalue weighted by Crippen LogP contribution is 2.43. The van der Waals surface area contributed by atoms with Gasteiger partial charge in [-0.1, -0.05) is 30.3 Å². The molecule has 0 bridgehead atoms. The van der Waals surface area contributed by atoms with Gasteiger partial charge in [0.05, 0.1) is 49.9 Å². The number of benzene rings is 2. The molecule has 10 nitrogen and oxygen atoms in total. The lowest BCUT2D eigenvalue weighted by molar-refractivity contribution is -0.148. The lowest BCUT2D eigenvalue weighted by Crippen LogP contribution is -2.40. The number of carbonyl (C=O) groups excluding carboxylic acids is 3. The molecule has 1 unspecified atom stereocenters. The maximum absolute atomic E-state index is 13.2. The normalized spacial score (nSPS) is 17.8. The Morgan fingerprint density at radius 2 is 1.55 bits per heavy atom. The molecule has 4 rings (SSSR count). The summed E-state index contributed by atoms with van der Waals surface area (Å²) in [6, 6.07) is 18.3. The zero-order valence-corrected chi connectivity index (χ0v) is 22.8. The Kier molecular flexibility index (Phi) is 8.74. The van der Waals surface area contributed by atoms with Gasteiger partial charge in [0.25, 0.3) is 0 Å². The van der Waals surface area contributed by atoms with Crippen LogP contribution in [0.15, 0.2) is 77.3 Å². The van der Waals surface area contributed by atoms with E-state index >= 15 is 0 Å². The lowest BCUT2D eigenvalue weighted by Gasteiger charge is -2.36. The first-order valence-corrected chi connectivity index (χ1v) is 13.0. The van der Waals surface area contributed by atoms with Crippen molar-refractivity contribution in [3.63, 3.8) is 0 Å². The smallest absolute Gasteiger partial charge is 0.355 e. The third kappa shape index (κ3) is 5.36. The summed E-state index contributed by atoms with van der Waals surface area (Å²) in [5, 5.41) is 10.2. The molecule has 40 heavy (non-hydrogen) atoms. The third-order valence-electron chi connectivity index (χ3n) is 7.20. The number of nitrogens with two attached hydrogens (primary N) is 1. The van der Waals surface area contributed by atoms with Gasteiger partial charge in [0.1, 0.15) is 11.5 Å². The van der Waals surface area contributed by atoms with Crippen LogP contribution in [0.4, 0.5) is 11.4 Å². The van der Waals surface area contributed by atoms with E-state index in [1.807, 2.05) is 12.1 Å². The van der Waals surface area contributed by atoms with Crippen molar-refractivity contribution in [1.29, 1.82) is 5.26 Å². The first-order valence-electron chi connectivity index (χ1n) is 13.0. The van der Waals surface area contributed by atoms with Crippen molar-refractivity contribution in [2.75, 3.05) is 43.7 Å². The number of hydrogen-bond acceptors (Lipinski definition) is 10. The topological polar surface area (TPSA) is 135 Å². The van der Waals surface area contributed by atoms with Crippen LogP contribution in [0, 0.1) is 17.2 Å². The van der Waals surface area contributed by atoms with Gasteiger partial charge in [0.15, 0.2) is 0 Å². The summed E-state index contributed by atoms with van der Waals surface area (Å²) in [7, 11) is 2.42. The number of nitriles is 1. The molecule has 0 spiro atoms. The van der Waals surface area contributed by atoms with E-state index in [4.69, 9.17) is 19.9 Å². The average molecular weight is 545 g/mol. The van der Waals surface area contributed by atoms with Crippen molar-refractivity contribution in [2.45, 2.75) is 25.7 Å². The highest BCUT2D eigenvalue weighted by atomic mass is 16.5. The second-order valence-electron chi connectivity index (χ2n) is 9.37. The summed E-state index contributed by atoms with van der Waals surface area (Å²) in [5.41, 5.74) is 8.48. The Balaban J connectivity index is 1.74. The average Bonchev–Trinajstić information content (AvgIpc) is 3.00. The van der Waals surface area contributed by atoms with Crippen LogP contribution in [0.1, 0.15) is 31.2 Å². The van der Waals surface area contributed by atoms with Gasteiger partial charge in [0, 0.05) is 24.5 Å². The standard InChI is InChI=1S/C30H32N4O6/c1-4-40-28(35)20-14-16-33(17-15-20)21-10-12-22(13-11-21)34-26(30(37)39-3)25(29(36)38-2)24(23(18-31)27(34)32)19-8-6-5-7-9-19/h5-13,20,24H,4,14-17,32H2,1-3H3. The van der Waals surface area contributed by atoms with E-state index in [2.05, 4.69) is 11.0 Å². The van der Waals surface area contributed by atoms with Crippen molar-refractivity contribution in [1.82, 2.24) is 0 Å². The highest BCUT2D eigenvalue weighted by Gasteiger charge is 2.43. The van der Waals surface area contributed by atoms with E-state index in [0.29, 0.717) is 43.8 Å². The zero-order valence-electron chi connectivity index (χ0n) is 22.8. The molecule has 0 aliphatic carbocycles. The Morgan fingerprint density at radius 3 is 2.10 bits per heavy atom. The van der Waals surface area contributed by atoms with Crippen molar-refractivity contribution >= 4 is 29.3 Å². The van der Waals surface area contributed by atoms with Crippen LogP contribution in [0.3, 0.4) is 0 Å². The van der Waals surface area contributed by atoms with Crippen LogP contribution in [-0.4, -0.2) is 51.8 Å². The van der Waals surface area contributed by atoms with Gasteiger partial charge in [-0.15, -0.1) is 0 Å². The summed E-state index contributed by atoms with van der Waals surface area (Å²) in [6.45, 7) is 3.54. The molecule has 2 aliphatic heterocycles. The monoisotopic (exact) mass is 544 g/mol. The van der Waals surface area contributed by atoms with E-state index in [1.54, 1.807) is 49.4 Å². The summed E-state index contributed by atoms with van der Waals surface area (Å²) < 4.78 is 15.3. The molecular formula is C30H32N4O6. The van der Waals surface area contributed by atoms with Gasteiger partial charge in [-0.05, 0) is 49.6 Å². The molecule has 2 aromatic rings. The Morgan fingerprint density at radius 1 is 0.950 bits per heavy atom. The van der Waals surface area contributed by atoms with Crippen molar-refractivity contribution in [3.05, 3.63) is 82.8 Å². The molecule has 2 aliphatic rings. The minimum atomic E-state index is -0.927. The molecule has 0 radical (unpaired) electrons. The number of rotatable bonds is 7. The SMILES string of the molecule is CCOC(=O)C1CCN(c2ccc(N3C(N)=C(C#N)C(c4ccccc4)C(C(=O)OC)=C3C(=O)OC)cc2)CC1. The maximum Gasteiger partial charge on any atom is 0.355 e. The molecule has 208 valence electrons. The minimum absolute atomic E-state index is 0.00686. The predicted octanol–water partition coefficient (Wildman–Crippen LogP) is 3.36. The maximum atomic E-state index is 13.2. The van der Waals surface area contributed by atoms with Gasteiger partial charge in [-0.25, -0.2) is 9.59 Å². The van der Waals surface area contributed by atoms with Crippen LogP contribution in [0.25, 0.3) is 0 Å². The molecule has 0 amide bonds. The lowest BCUT2D eigenvalue weighted by atomic mass is 9.81. The molecule has 10 heteroatoms. The van der Waals surface area contributed by atoms with E-state index in [1.165, 1.54) is 19.1 Å². The van der Waals surface area contributed by atoms with E-state index < -0.39 is 17.9 Å². The second-order valence-corrected chi connectivity index (χ2v) is 9.37. The number of nitrogens with zero attached hydrogens (tertiary/aromatic N) is 3. The Hall–Kier alpha value is -4.78. The zero-order chi connectivity index (χ0) is 28.8. The van der Waals surface area contributed by atoms with Gasteiger partial charge in [-0.2, -0.15) is 5.26 Å². The first-order chi connectivity index (χ1) is 19.4. The van der Waals surface area contributed by atoms with Crippen LogP contribution in [0.5, 0.6) is 0 Å². The van der Waals surface area contributed by atoms with E-state index in [-0.39, 0.29) is 34.6 Å². The molecule has 2 N–H and O–H groups in total. The highest BCUT2D eigenvalue weighted by molar-refractivity contribution is 6.06. The largest absolute Gasteiger partial charge is 0.466 e. The van der Waals surface area contributed by atoms with Gasteiger partial charge >= 0.3 is 17.9 Å². The van der Waals surface area contributed by atoms with Crippen molar-refractivity contribution in [3.8, 4) is 6.07 Å². The van der Waals surface area contributed by atoms with Crippen LogP contribution in [-0.2, 0) is 28.6 Å². The molecule has 0 saturated carbocycles. The summed E-state index contributed by atoms with van der Waals surface area (Å²) in [6.07, 6.45) is 1.37. The molecule has 0 aromatic heterocycles. The quantitative estimate of drug-likeness (QED) is 0.408. The van der Waals surface area contributed by atoms with Crippen LogP contribution >= 0.6 is 0 Å². The molecule has 2 aromatic carbocycles.